The second kappa shape index (κ2) is 10.5. The summed E-state index contributed by atoms with van der Waals surface area (Å²) in [5, 5.41) is 5.54. The first-order valence-electron chi connectivity index (χ1n) is 11.8. The number of rotatable bonds is 9. The number of nitrogens with one attached hydrogen (secondary N) is 2. The van der Waals surface area contributed by atoms with Crippen molar-refractivity contribution in [2.75, 3.05) is 6.54 Å². The summed E-state index contributed by atoms with van der Waals surface area (Å²) in [5.41, 5.74) is 1.64. The Labute approximate surface area is 195 Å². The third-order valence-electron chi connectivity index (χ3n) is 7.10. The molecule has 4 nitrogen and oxygen atoms in total. The van der Waals surface area contributed by atoms with Crippen molar-refractivity contribution in [2.24, 2.45) is 5.41 Å². The van der Waals surface area contributed by atoms with Crippen LogP contribution in [-0.2, 0) is 6.54 Å². The molecule has 1 aliphatic carbocycles. The molecule has 0 spiro atoms. The largest absolute Gasteiger partial charge is 0.489 e. The minimum Gasteiger partial charge on any atom is -0.489 e. The summed E-state index contributed by atoms with van der Waals surface area (Å²) < 4.78 is 6.31. The Bertz CT molecular complexity index is 1070. The van der Waals surface area contributed by atoms with Crippen LogP contribution in [0.2, 0.25) is 5.02 Å². The van der Waals surface area contributed by atoms with Gasteiger partial charge in [-0.3, -0.25) is 4.79 Å². The maximum absolute atomic E-state index is 12.0. The lowest BCUT2D eigenvalue weighted by molar-refractivity contribution is 0.0686. The first kappa shape index (κ1) is 22.9. The number of benzene rings is 2. The van der Waals surface area contributed by atoms with Gasteiger partial charge in [0.25, 0.3) is 5.56 Å². The molecule has 3 aromatic rings. The van der Waals surface area contributed by atoms with Crippen LogP contribution in [0.1, 0.15) is 57.4 Å². The minimum atomic E-state index is -0.125. The van der Waals surface area contributed by atoms with Crippen LogP contribution in [0.15, 0.2) is 59.5 Å². The molecule has 0 bridgehead atoms. The van der Waals surface area contributed by atoms with Crippen molar-refractivity contribution in [3.63, 3.8) is 0 Å². The number of aromatic nitrogens is 1. The predicted molar refractivity (Wildman–Crippen MR) is 133 cm³/mol. The van der Waals surface area contributed by atoms with Gasteiger partial charge in [-0.1, -0.05) is 55.3 Å². The van der Waals surface area contributed by atoms with Gasteiger partial charge in [0.1, 0.15) is 5.75 Å². The van der Waals surface area contributed by atoms with Gasteiger partial charge < -0.3 is 15.0 Å². The predicted octanol–water partition coefficient (Wildman–Crippen LogP) is 6.47. The molecule has 1 aliphatic rings. The monoisotopic (exact) mass is 452 g/mol. The summed E-state index contributed by atoms with van der Waals surface area (Å²) in [6.07, 6.45) is 10.0. The Morgan fingerprint density at radius 2 is 1.94 bits per heavy atom. The fourth-order valence-corrected chi connectivity index (χ4v) is 5.19. The molecule has 2 N–H and O–H groups in total. The molecule has 0 radical (unpaired) electrons. The summed E-state index contributed by atoms with van der Waals surface area (Å²) in [6, 6.07) is 16.1. The van der Waals surface area contributed by atoms with E-state index in [1.165, 1.54) is 37.7 Å². The Balaban J connectivity index is 1.27. The van der Waals surface area contributed by atoms with Gasteiger partial charge in [-0.25, -0.2) is 0 Å². The zero-order valence-corrected chi connectivity index (χ0v) is 19.6. The lowest BCUT2D eigenvalue weighted by atomic mass is 9.68. The highest BCUT2D eigenvalue weighted by molar-refractivity contribution is 6.32. The molecule has 2 aromatic carbocycles. The highest BCUT2D eigenvalue weighted by Crippen LogP contribution is 2.44. The molecule has 1 aromatic heterocycles. The Morgan fingerprint density at radius 1 is 1.16 bits per heavy atom. The maximum Gasteiger partial charge on any atom is 0.255 e. The molecule has 0 amide bonds. The van der Waals surface area contributed by atoms with Gasteiger partial charge in [0.05, 0.1) is 11.1 Å². The molecule has 0 unspecified atom stereocenters. The van der Waals surface area contributed by atoms with Gasteiger partial charge in [-0.2, -0.15) is 0 Å². The van der Waals surface area contributed by atoms with Gasteiger partial charge >= 0.3 is 0 Å². The molecule has 0 saturated heterocycles. The number of aromatic amines is 1. The lowest BCUT2D eigenvalue weighted by Gasteiger charge is -2.40. The molecular formula is C27H33ClN2O2. The van der Waals surface area contributed by atoms with Crippen molar-refractivity contribution < 1.29 is 4.74 Å². The highest BCUT2D eigenvalue weighted by Gasteiger charge is 2.34. The Hall–Kier alpha value is -2.30. The van der Waals surface area contributed by atoms with Gasteiger partial charge in [-0.15, -0.1) is 0 Å². The number of H-pyrrole nitrogens is 1. The minimum absolute atomic E-state index is 0.125. The third kappa shape index (κ3) is 5.54. The third-order valence-corrected chi connectivity index (χ3v) is 7.39. The molecular weight excluding hydrogens is 420 g/mol. The molecule has 0 aliphatic heterocycles. The quantitative estimate of drug-likeness (QED) is 0.366. The topological polar surface area (TPSA) is 54.1 Å². The second-order valence-corrected chi connectivity index (χ2v) is 9.52. The molecule has 4 rings (SSSR count). The number of fused-ring (bicyclic) bond motifs is 1. The Kier molecular flexibility index (Phi) is 7.54. The van der Waals surface area contributed by atoms with Crippen molar-refractivity contribution in [1.82, 2.24) is 10.3 Å². The number of pyridine rings is 1. The molecule has 1 saturated carbocycles. The van der Waals surface area contributed by atoms with E-state index in [0.717, 1.165) is 31.3 Å². The molecule has 170 valence electrons. The highest BCUT2D eigenvalue weighted by atomic mass is 35.5. The van der Waals surface area contributed by atoms with Gasteiger partial charge in [0, 0.05) is 18.1 Å². The molecule has 0 atom stereocenters. The van der Waals surface area contributed by atoms with Crippen molar-refractivity contribution in [1.29, 1.82) is 0 Å². The van der Waals surface area contributed by atoms with E-state index in [0.29, 0.717) is 21.6 Å². The fraction of sp³-hybridized carbons (Fsp3) is 0.444. The van der Waals surface area contributed by atoms with Crippen LogP contribution < -0.4 is 15.6 Å². The van der Waals surface area contributed by atoms with E-state index < -0.39 is 0 Å². The molecule has 32 heavy (non-hydrogen) atoms. The smallest absolute Gasteiger partial charge is 0.255 e. The van der Waals surface area contributed by atoms with E-state index in [9.17, 15) is 4.79 Å². The normalized spacial score (nSPS) is 21.0. The van der Waals surface area contributed by atoms with Crippen LogP contribution in [0.5, 0.6) is 5.75 Å². The number of hydrogen-bond donors (Lipinski definition) is 2. The number of hydrogen-bond acceptors (Lipinski definition) is 3. The summed E-state index contributed by atoms with van der Waals surface area (Å²) in [7, 11) is 0. The number of halogens is 1. The van der Waals surface area contributed by atoms with Crippen molar-refractivity contribution >= 4 is 22.4 Å². The average Bonchev–Trinajstić information content (AvgIpc) is 2.82. The van der Waals surface area contributed by atoms with Gasteiger partial charge in [0.2, 0.25) is 0 Å². The van der Waals surface area contributed by atoms with Crippen molar-refractivity contribution in [3.8, 4) is 5.75 Å². The number of ether oxygens (including phenoxy) is 1. The van der Waals surface area contributed by atoms with Crippen molar-refractivity contribution in [3.05, 3.63) is 75.7 Å². The molecule has 1 heterocycles. The van der Waals surface area contributed by atoms with Crippen LogP contribution in [0.25, 0.3) is 10.8 Å². The summed E-state index contributed by atoms with van der Waals surface area (Å²) in [5.74, 6) is 0.684. The second-order valence-electron chi connectivity index (χ2n) is 9.11. The van der Waals surface area contributed by atoms with Crippen LogP contribution >= 0.6 is 11.6 Å². The molecule has 5 heteroatoms. The first-order chi connectivity index (χ1) is 15.6. The lowest BCUT2D eigenvalue weighted by Crippen LogP contribution is -2.32. The standard InChI is InChI=1S/C27H33ClN2O2/c1-2-27(12-6-15-29-19-20-7-4-3-5-8-20)13-9-22(10-14-27)32-25-17-21-11-16-30-26(31)23(21)18-24(25)28/h3-5,7-8,11,16-18,22,29H,2,6,9-10,12-15,19H2,1H3,(H,30,31)/t22-,27-. The van der Waals surface area contributed by atoms with E-state index in [1.54, 1.807) is 12.3 Å². The fourth-order valence-electron chi connectivity index (χ4n) is 4.98. The van der Waals surface area contributed by atoms with Gasteiger partial charge in [-0.05, 0) is 79.6 Å². The van der Waals surface area contributed by atoms with Crippen LogP contribution in [-0.4, -0.2) is 17.6 Å². The van der Waals surface area contributed by atoms with Crippen LogP contribution in [0, 0.1) is 5.41 Å². The van der Waals surface area contributed by atoms with Crippen molar-refractivity contribution in [2.45, 2.75) is 64.5 Å². The summed E-state index contributed by atoms with van der Waals surface area (Å²) >= 11 is 6.44. The average molecular weight is 453 g/mol. The first-order valence-corrected chi connectivity index (χ1v) is 12.2. The SMILES string of the molecule is CC[C@]1(CCCNCc2ccccc2)CC[C@H](Oc2cc3cc[nH]c(=O)c3cc2Cl)CC1. The maximum atomic E-state index is 12.0. The summed E-state index contributed by atoms with van der Waals surface area (Å²) in [4.78, 5) is 14.7. The zero-order chi connectivity index (χ0) is 22.4. The van der Waals surface area contributed by atoms with E-state index >= 15 is 0 Å². The van der Waals surface area contributed by atoms with Crippen LogP contribution in [0.3, 0.4) is 0 Å². The van der Waals surface area contributed by atoms with E-state index in [4.69, 9.17) is 16.3 Å². The molecule has 1 fully saturated rings. The van der Waals surface area contributed by atoms with Gasteiger partial charge in [0.15, 0.2) is 0 Å². The van der Waals surface area contributed by atoms with Crippen LogP contribution in [0.4, 0.5) is 0 Å². The summed E-state index contributed by atoms with van der Waals surface area (Å²) in [6.45, 7) is 4.33. The zero-order valence-electron chi connectivity index (χ0n) is 18.8. The Morgan fingerprint density at radius 3 is 2.69 bits per heavy atom. The van der Waals surface area contributed by atoms with E-state index in [2.05, 4.69) is 47.6 Å². The van der Waals surface area contributed by atoms with E-state index in [-0.39, 0.29) is 11.7 Å². The van der Waals surface area contributed by atoms with E-state index in [1.807, 2.05) is 12.1 Å².